The van der Waals surface area contributed by atoms with Crippen molar-refractivity contribution in [3.05, 3.63) is 36.0 Å². The van der Waals surface area contributed by atoms with E-state index in [0.717, 1.165) is 30.9 Å². The first kappa shape index (κ1) is 9.21. The van der Waals surface area contributed by atoms with Crippen LogP contribution in [0, 0.1) is 0 Å². The molecule has 0 aliphatic carbocycles. The summed E-state index contributed by atoms with van der Waals surface area (Å²) in [5.41, 5.74) is 0.862. The second kappa shape index (κ2) is 4.24. The number of hydrogen-bond donors (Lipinski definition) is 1. The molecule has 0 saturated heterocycles. The molecule has 2 heterocycles. The second-order valence-corrected chi connectivity index (χ2v) is 3.39. The monoisotopic (exact) mass is 190 g/mol. The molecule has 1 N–H and O–H groups in total. The van der Waals surface area contributed by atoms with Gasteiger partial charge in [-0.05, 0) is 18.1 Å². The van der Waals surface area contributed by atoms with E-state index in [1.165, 1.54) is 0 Å². The molecule has 0 aromatic carbocycles. The first-order chi connectivity index (χ1) is 6.90. The second-order valence-electron chi connectivity index (χ2n) is 3.39. The lowest BCUT2D eigenvalue weighted by Gasteiger charge is -2.24. The van der Waals surface area contributed by atoms with Gasteiger partial charge in [-0.3, -0.25) is 0 Å². The minimum absolute atomic E-state index is 0.0627. The molecule has 0 spiro atoms. The van der Waals surface area contributed by atoms with Gasteiger partial charge in [0.25, 0.3) is 0 Å². The van der Waals surface area contributed by atoms with Gasteiger partial charge in [-0.2, -0.15) is 0 Å². The molecule has 74 valence electrons. The van der Waals surface area contributed by atoms with E-state index >= 15 is 0 Å². The van der Waals surface area contributed by atoms with Crippen LogP contribution in [-0.4, -0.2) is 23.2 Å². The minimum atomic E-state index is 0.0627. The van der Waals surface area contributed by atoms with Gasteiger partial charge in [0.05, 0.1) is 6.61 Å². The van der Waals surface area contributed by atoms with Gasteiger partial charge >= 0.3 is 0 Å². The average Bonchev–Trinajstić information content (AvgIpc) is 2.30. The Hall–Kier alpha value is -1.35. The van der Waals surface area contributed by atoms with Gasteiger partial charge in [-0.25, -0.2) is 4.98 Å². The molecule has 0 unspecified atom stereocenters. The van der Waals surface area contributed by atoms with Crippen LogP contribution in [0.2, 0.25) is 0 Å². The largest absolute Gasteiger partial charge is 0.392 e. The zero-order valence-electron chi connectivity index (χ0n) is 8.06. The molecule has 0 radical (unpaired) electrons. The Kier molecular flexibility index (Phi) is 2.79. The van der Waals surface area contributed by atoms with Gasteiger partial charge in [-0.15, -0.1) is 0 Å². The number of rotatable bonds is 2. The molecule has 14 heavy (non-hydrogen) atoms. The molecule has 0 amide bonds. The van der Waals surface area contributed by atoms with Crippen LogP contribution in [-0.2, 0) is 6.61 Å². The normalized spacial score (nSPS) is 15.9. The molecule has 1 aliphatic heterocycles. The summed E-state index contributed by atoms with van der Waals surface area (Å²) in [6, 6.07) is 3.88. The standard InChI is InChI=1S/C11H14N2O/c14-9-10-4-5-11(12-8-10)13-6-2-1-3-7-13/h1-2,4-5,8,14H,3,6-7,9H2. The summed E-state index contributed by atoms with van der Waals surface area (Å²) in [5.74, 6) is 0.992. The molecule has 1 aromatic rings. The van der Waals surface area contributed by atoms with Crippen molar-refractivity contribution in [1.82, 2.24) is 4.98 Å². The third-order valence-corrected chi connectivity index (χ3v) is 2.37. The van der Waals surface area contributed by atoms with Gasteiger partial charge in [-0.1, -0.05) is 18.2 Å². The highest BCUT2D eigenvalue weighted by atomic mass is 16.3. The Morgan fingerprint density at radius 3 is 2.86 bits per heavy atom. The van der Waals surface area contributed by atoms with Gasteiger partial charge in [0, 0.05) is 19.3 Å². The molecule has 0 atom stereocenters. The molecule has 1 aliphatic rings. The Labute approximate surface area is 83.7 Å². The van der Waals surface area contributed by atoms with Crippen molar-refractivity contribution < 1.29 is 5.11 Å². The lowest BCUT2D eigenvalue weighted by atomic mass is 10.2. The van der Waals surface area contributed by atoms with Crippen LogP contribution in [0.1, 0.15) is 12.0 Å². The summed E-state index contributed by atoms with van der Waals surface area (Å²) in [5, 5.41) is 8.87. The summed E-state index contributed by atoms with van der Waals surface area (Å²) < 4.78 is 0. The Morgan fingerprint density at radius 2 is 2.29 bits per heavy atom. The van der Waals surface area contributed by atoms with Crippen LogP contribution in [0.15, 0.2) is 30.5 Å². The predicted molar refractivity (Wildman–Crippen MR) is 56.1 cm³/mol. The van der Waals surface area contributed by atoms with Gasteiger partial charge in [0.15, 0.2) is 0 Å². The van der Waals surface area contributed by atoms with Crippen molar-refractivity contribution in [3.63, 3.8) is 0 Å². The lowest BCUT2D eigenvalue weighted by Crippen LogP contribution is -2.27. The third-order valence-electron chi connectivity index (χ3n) is 2.37. The maximum atomic E-state index is 8.87. The van der Waals surface area contributed by atoms with E-state index in [1.54, 1.807) is 6.20 Å². The van der Waals surface area contributed by atoms with Gasteiger partial charge < -0.3 is 10.0 Å². The molecular formula is C11H14N2O. The SMILES string of the molecule is OCc1ccc(N2CC=CCC2)nc1. The van der Waals surface area contributed by atoms with E-state index in [9.17, 15) is 0 Å². The van der Waals surface area contributed by atoms with Crippen molar-refractivity contribution in [3.8, 4) is 0 Å². The van der Waals surface area contributed by atoms with E-state index < -0.39 is 0 Å². The summed E-state index contributed by atoms with van der Waals surface area (Å²) in [6.07, 6.45) is 7.17. The van der Waals surface area contributed by atoms with Crippen LogP contribution in [0.3, 0.4) is 0 Å². The Bertz CT molecular complexity index is 319. The zero-order chi connectivity index (χ0) is 9.80. The quantitative estimate of drug-likeness (QED) is 0.715. The van der Waals surface area contributed by atoms with Crippen molar-refractivity contribution >= 4 is 5.82 Å². The highest BCUT2D eigenvalue weighted by Gasteiger charge is 2.07. The van der Waals surface area contributed by atoms with E-state index in [-0.39, 0.29) is 6.61 Å². The molecule has 0 fully saturated rings. The molecule has 1 aromatic heterocycles. The maximum absolute atomic E-state index is 8.87. The van der Waals surface area contributed by atoms with Crippen molar-refractivity contribution in [2.24, 2.45) is 0 Å². The molecule has 0 bridgehead atoms. The topological polar surface area (TPSA) is 36.4 Å². The van der Waals surface area contributed by atoms with E-state index in [0.29, 0.717) is 0 Å². The van der Waals surface area contributed by atoms with Gasteiger partial charge in [0.2, 0.25) is 0 Å². The maximum Gasteiger partial charge on any atom is 0.128 e. The fraction of sp³-hybridized carbons (Fsp3) is 0.364. The Balaban J connectivity index is 2.12. The first-order valence-electron chi connectivity index (χ1n) is 4.86. The van der Waals surface area contributed by atoms with Crippen molar-refractivity contribution in [2.75, 3.05) is 18.0 Å². The first-order valence-corrected chi connectivity index (χ1v) is 4.86. The number of nitrogens with zero attached hydrogens (tertiary/aromatic N) is 2. The molecule has 0 saturated carbocycles. The molecular weight excluding hydrogens is 176 g/mol. The highest BCUT2D eigenvalue weighted by Crippen LogP contribution is 2.14. The number of anilines is 1. The lowest BCUT2D eigenvalue weighted by molar-refractivity contribution is 0.281. The number of pyridine rings is 1. The Morgan fingerprint density at radius 1 is 1.36 bits per heavy atom. The van der Waals surface area contributed by atoms with Crippen LogP contribution in [0.4, 0.5) is 5.82 Å². The number of aliphatic hydroxyl groups is 1. The molecule has 3 nitrogen and oxygen atoms in total. The smallest absolute Gasteiger partial charge is 0.128 e. The fourth-order valence-electron chi connectivity index (χ4n) is 1.55. The molecule has 2 rings (SSSR count). The van der Waals surface area contributed by atoms with Crippen molar-refractivity contribution in [2.45, 2.75) is 13.0 Å². The summed E-state index contributed by atoms with van der Waals surface area (Å²) in [4.78, 5) is 6.53. The fourth-order valence-corrected chi connectivity index (χ4v) is 1.55. The minimum Gasteiger partial charge on any atom is -0.392 e. The number of aliphatic hydroxyl groups excluding tert-OH is 1. The van der Waals surface area contributed by atoms with E-state index in [4.69, 9.17) is 5.11 Å². The summed E-state index contributed by atoms with van der Waals surface area (Å²) in [7, 11) is 0. The molecule has 3 heteroatoms. The number of hydrogen-bond acceptors (Lipinski definition) is 3. The van der Waals surface area contributed by atoms with Crippen molar-refractivity contribution in [1.29, 1.82) is 0 Å². The van der Waals surface area contributed by atoms with Crippen LogP contribution in [0.25, 0.3) is 0 Å². The van der Waals surface area contributed by atoms with Crippen LogP contribution < -0.4 is 4.90 Å². The average molecular weight is 190 g/mol. The van der Waals surface area contributed by atoms with E-state index in [1.807, 2.05) is 12.1 Å². The number of aromatic nitrogens is 1. The third kappa shape index (κ3) is 1.93. The summed E-state index contributed by atoms with van der Waals surface area (Å²) in [6.45, 7) is 2.03. The highest BCUT2D eigenvalue weighted by molar-refractivity contribution is 5.40. The predicted octanol–water partition coefficient (Wildman–Crippen LogP) is 1.34. The van der Waals surface area contributed by atoms with Crippen LogP contribution in [0.5, 0.6) is 0 Å². The van der Waals surface area contributed by atoms with Gasteiger partial charge in [0.1, 0.15) is 5.82 Å². The van der Waals surface area contributed by atoms with Crippen LogP contribution >= 0.6 is 0 Å². The van der Waals surface area contributed by atoms with E-state index in [2.05, 4.69) is 22.0 Å². The summed E-state index contributed by atoms with van der Waals surface area (Å²) >= 11 is 0. The zero-order valence-corrected chi connectivity index (χ0v) is 8.06.